The van der Waals surface area contributed by atoms with Gasteiger partial charge in [0, 0.05) is 16.5 Å². The van der Waals surface area contributed by atoms with Gasteiger partial charge < -0.3 is 9.84 Å². The molecule has 4 aromatic rings. The molecular formula is C42H35ClN2O7. The van der Waals surface area contributed by atoms with Crippen molar-refractivity contribution in [3.05, 3.63) is 136 Å². The molecule has 2 aliphatic carbocycles. The number of nitrogens with zero attached hydrogens (tertiary/aromatic N) is 2. The summed E-state index contributed by atoms with van der Waals surface area (Å²) in [5.74, 6) is -4.54. The van der Waals surface area contributed by atoms with Gasteiger partial charge >= 0.3 is 0 Å². The van der Waals surface area contributed by atoms with Crippen molar-refractivity contribution in [2.24, 2.45) is 23.7 Å². The number of carbonyl (C=O) groups is 5. The van der Waals surface area contributed by atoms with E-state index in [0.29, 0.717) is 33.3 Å². The number of Topliss-reactive ketones (excluding diaryl/α,β-unsaturated/α-hetero) is 1. The van der Waals surface area contributed by atoms with Crippen molar-refractivity contribution in [3.63, 3.8) is 0 Å². The van der Waals surface area contributed by atoms with Crippen LogP contribution >= 0.6 is 11.6 Å². The number of allylic oxidation sites excluding steroid dienone is 2. The molecule has 6 atom stereocenters. The summed E-state index contributed by atoms with van der Waals surface area (Å²) >= 11 is 6.40. The number of halogens is 1. The summed E-state index contributed by atoms with van der Waals surface area (Å²) in [5.41, 5.74) is 2.10. The van der Waals surface area contributed by atoms with Crippen LogP contribution in [0.15, 0.2) is 115 Å². The number of ketones is 1. The maximum absolute atomic E-state index is 15.3. The average Bonchev–Trinajstić information content (AvgIpc) is 3.55. The summed E-state index contributed by atoms with van der Waals surface area (Å²) in [6.45, 7) is 1.41. The maximum Gasteiger partial charge on any atom is 0.246 e. The molecule has 2 heterocycles. The third-order valence-electron chi connectivity index (χ3n) is 11.3. The summed E-state index contributed by atoms with van der Waals surface area (Å²) in [6.07, 6.45) is 2.47. The molecule has 0 spiro atoms. The molecule has 10 heteroatoms. The summed E-state index contributed by atoms with van der Waals surface area (Å²) in [7, 11) is 0. The van der Waals surface area contributed by atoms with E-state index in [4.69, 9.17) is 16.3 Å². The van der Waals surface area contributed by atoms with Gasteiger partial charge in [0.1, 0.15) is 12.4 Å². The number of imide groups is 2. The first-order valence-electron chi connectivity index (χ1n) is 17.4. The topological polar surface area (TPSA) is 121 Å². The Kier molecular flexibility index (Phi) is 8.43. The predicted molar refractivity (Wildman–Crippen MR) is 194 cm³/mol. The first-order valence-corrected chi connectivity index (χ1v) is 17.8. The molecule has 0 unspecified atom stereocenters. The first kappa shape index (κ1) is 33.7. The van der Waals surface area contributed by atoms with Crippen LogP contribution in [0.5, 0.6) is 5.75 Å². The van der Waals surface area contributed by atoms with Crippen LogP contribution in [0.2, 0.25) is 5.02 Å². The van der Waals surface area contributed by atoms with Gasteiger partial charge in [-0.05, 0) is 91.4 Å². The highest BCUT2D eigenvalue weighted by Gasteiger charge is 2.70. The van der Waals surface area contributed by atoms with E-state index in [2.05, 4.69) is 0 Å². The van der Waals surface area contributed by atoms with Crippen LogP contribution in [-0.4, -0.2) is 47.7 Å². The summed E-state index contributed by atoms with van der Waals surface area (Å²) in [4.78, 5) is 73.2. The van der Waals surface area contributed by atoms with Crippen molar-refractivity contribution >= 4 is 52.4 Å². The lowest BCUT2D eigenvalue weighted by Crippen LogP contribution is -2.53. The SMILES string of the molecule is CC(=O)c1ccc(N2C(=O)[C@H]3[C@H](CC=C4[C@H]3C[C@H]3C(=O)N(c5cccc(Cl)c5)C(=O)[C@@]3(c3ccccc3)[C@H]4c3ccc(OCCO)cc3)C2=O)cc1. The molecule has 4 aromatic carbocycles. The van der Waals surface area contributed by atoms with E-state index in [-0.39, 0.29) is 49.6 Å². The number of rotatable bonds is 8. The Bertz CT molecular complexity index is 2150. The minimum absolute atomic E-state index is 0.112. The van der Waals surface area contributed by atoms with Crippen LogP contribution in [0.3, 0.4) is 0 Å². The fourth-order valence-corrected chi connectivity index (χ4v) is 9.32. The zero-order chi connectivity index (χ0) is 36.3. The van der Waals surface area contributed by atoms with Crippen LogP contribution in [0.1, 0.15) is 47.2 Å². The quantitative estimate of drug-likeness (QED) is 0.130. The fraction of sp³-hybridized carbons (Fsp3) is 0.262. The van der Waals surface area contributed by atoms with E-state index in [1.807, 2.05) is 48.5 Å². The molecule has 4 amide bonds. The zero-order valence-electron chi connectivity index (χ0n) is 28.3. The second-order valence-corrected chi connectivity index (χ2v) is 14.3. The third-order valence-corrected chi connectivity index (χ3v) is 11.5. The van der Waals surface area contributed by atoms with E-state index in [0.717, 1.165) is 11.1 Å². The van der Waals surface area contributed by atoms with Crippen molar-refractivity contribution in [3.8, 4) is 5.75 Å². The molecule has 8 rings (SSSR count). The number of hydrogen-bond acceptors (Lipinski definition) is 7. The molecule has 2 aliphatic heterocycles. The van der Waals surface area contributed by atoms with Crippen molar-refractivity contribution in [1.82, 2.24) is 0 Å². The average molecular weight is 715 g/mol. The van der Waals surface area contributed by atoms with Crippen LogP contribution in [0.25, 0.3) is 0 Å². The molecule has 0 bridgehead atoms. The van der Waals surface area contributed by atoms with Crippen molar-refractivity contribution < 1.29 is 33.8 Å². The normalized spacial score (nSPS) is 26.5. The van der Waals surface area contributed by atoms with E-state index in [1.165, 1.54) is 16.7 Å². The van der Waals surface area contributed by atoms with Gasteiger partial charge in [-0.2, -0.15) is 0 Å². The number of aliphatic hydroxyl groups excluding tert-OH is 1. The number of ether oxygens (including phenoxy) is 1. The van der Waals surface area contributed by atoms with Gasteiger partial charge in [-0.15, -0.1) is 0 Å². The minimum Gasteiger partial charge on any atom is -0.491 e. The van der Waals surface area contributed by atoms with Gasteiger partial charge in [0.05, 0.1) is 41.2 Å². The van der Waals surface area contributed by atoms with E-state index in [1.54, 1.807) is 60.7 Å². The first-order chi connectivity index (χ1) is 25.2. The van der Waals surface area contributed by atoms with Crippen molar-refractivity contribution in [2.45, 2.75) is 31.1 Å². The minimum atomic E-state index is -1.39. The molecule has 2 saturated heterocycles. The van der Waals surface area contributed by atoms with Crippen LogP contribution < -0.4 is 14.5 Å². The van der Waals surface area contributed by atoms with Crippen molar-refractivity contribution in [2.75, 3.05) is 23.0 Å². The molecule has 52 heavy (non-hydrogen) atoms. The molecule has 3 fully saturated rings. The number of fused-ring (bicyclic) bond motifs is 4. The van der Waals surface area contributed by atoms with Crippen molar-refractivity contribution in [1.29, 1.82) is 0 Å². The molecule has 0 aromatic heterocycles. The van der Waals surface area contributed by atoms with E-state index in [9.17, 15) is 24.3 Å². The van der Waals surface area contributed by atoms with E-state index < -0.39 is 40.9 Å². The Balaban J connectivity index is 1.30. The number of benzene rings is 4. The second-order valence-electron chi connectivity index (χ2n) is 13.8. The Morgan fingerprint density at radius 3 is 2.23 bits per heavy atom. The van der Waals surface area contributed by atoms with E-state index >= 15 is 4.79 Å². The molecule has 1 saturated carbocycles. The van der Waals surface area contributed by atoms with Gasteiger partial charge in [-0.3, -0.25) is 28.9 Å². The Morgan fingerprint density at radius 1 is 0.827 bits per heavy atom. The molecular weight excluding hydrogens is 680 g/mol. The van der Waals surface area contributed by atoms with Gasteiger partial charge in [-0.1, -0.05) is 71.8 Å². The number of carbonyl (C=O) groups excluding carboxylic acids is 5. The molecule has 0 radical (unpaired) electrons. The number of hydrogen-bond donors (Lipinski definition) is 1. The van der Waals surface area contributed by atoms with Crippen LogP contribution in [0, 0.1) is 23.7 Å². The molecule has 1 N–H and O–H groups in total. The van der Waals surface area contributed by atoms with Crippen LogP contribution in [-0.2, 0) is 24.6 Å². The zero-order valence-corrected chi connectivity index (χ0v) is 29.0. The lowest BCUT2D eigenvalue weighted by molar-refractivity contribution is -0.127. The lowest BCUT2D eigenvalue weighted by Gasteiger charge is -2.50. The van der Waals surface area contributed by atoms with Gasteiger partial charge in [0.25, 0.3) is 0 Å². The Morgan fingerprint density at radius 2 is 1.56 bits per heavy atom. The van der Waals surface area contributed by atoms with Crippen LogP contribution in [0.4, 0.5) is 11.4 Å². The molecule has 262 valence electrons. The second kappa shape index (κ2) is 13.0. The number of amides is 4. The fourth-order valence-electron chi connectivity index (χ4n) is 9.14. The lowest BCUT2D eigenvalue weighted by atomic mass is 9.49. The number of aliphatic hydroxyl groups is 1. The molecule has 9 nitrogen and oxygen atoms in total. The van der Waals surface area contributed by atoms with Gasteiger partial charge in [0.2, 0.25) is 23.6 Å². The summed E-state index contributed by atoms with van der Waals surface area (Å²) in [6, 6.07) is 29.8. The summed E-state index contributed by atoms with van der Waals surface area (Å²) in [5, 5.41) is 9.70. The highest BCUT2D eigenvalue weighted by Crippen LogP contribution is 2.64. The smallest absolute Gasteiger partial charge is 0.246 e. The summed E-state index contributed by atoms with van der Waals surface area (Å²) < 4.78 is 5.67. The maximum atomic E-state index is 15.3. The highest BCUT2D eigenvalue weighted by molar-refractivity contribution is 6.32. The Hall–Kier alpha value is -5.38. The number of anilines is 2. The highest BCUT2D eigenvalue weighted by atomic mass is 35.5. The Labute approximate surface area is 305 Å². The van der Waals surface area contributed by atoms with Gasteiger partial charge in [-0.25, -0.2) is 4.90 Å². The monoisotopic (exact) mass is 714 g/mol. The standard InChI is InChI=1S/C42H35ClN2O7/c1-24(47)25-10-14-29(15-11-25)44-38(48)33-19-18-32-34(36(33)40(44)50)23-35-39(49)45(30-9-5-8-28(43)22-30)41(51)42(35,27-6-3-2-4-7-27)37(32)26-12-16-31(17-13-26)52-21-20-46/h2-18,22,33-37,46H,19-21,23H2,1H3/t33-,34+,35-,36-,37-,42+/m0/s1. The molecule has 4 aliphatic rings. The van der Waals surface area contributed by atoms with Gasteiger partial charge in [0.15, 0.2) is 5.78 Å². The third kappa shape index (κ3) is 5.05. The predicted octanol–water partition coefficient (Wildman–Crippen LogP) is 6.28. The largest absolute Gasteiger partial charge is 0.491 e.